The van der Waals surface area contributed by atoms with E-state index < -0.39 is 12.6 Å². The van der Waals surface area contributed by atoms with Gasteiger partial charge in [0.2, 0.25) is 0 Å². The van der Waals surface area contributed by atoms with Crippen LogP contribution in [-0.2, 0) is 17.8 Å². The maximum absolute atomic E-state index is 11.1. The van der Waals surface area contributed by atoms with Crippen LogP contribution < -0.4 is 9.47 Å². The van der Waals surface area contributed by atoms with Crippen molar-refractivity contribution < 1.29 is 19.4 Å². The third-order valence-electron chi connectivity index (χ3n) is 5.38. The molecule has 0 atom stereocenters. The molecule has 0 saturated carbocycles. The summed E-state index contributed by atoms with van der Waals surface area (Å²) in [5, 5.41) is 14.0. The lowest BCUT2D eigenvalue weighted by Crippen LogP contribution is -2.10. The van der Waals surface area contributed by atoms with Gasteiger partial charge >= 0.3 is 5.97 Å². The third kappa shape index (κ3) is 5.23. The summed E-state index contributed by atoms with van der Waals surface area (Å²) in [6.45, 7) is 2.25. The maximum atomic E-state index is 11.1. The molecule has 3 aromatic carbocycles. The molecule has 4 rings (SSSR count). The first kappa shape index (κ1) is 22.1. The number of carbonyl (C=O) groups is 1. The summed E-state index contributed by atoms with van der Waals surface area (Å²) in [6.07, 6.45) is 0.820. The van der Waals surface area contributed by atoms with E-state index in [-0.39, 0.29) is 0 Å². The Morgan fingerprint density at radius 3 is 2.45 bits per heavy atom. The van der Waals surface area contributed by atoms with Gasteiger partial charge in [-0.05, 0) is 49.2 Å². The number of aliphatic carboxylic acids is 1. The highest BCUT2D eigenvalue weighted by Crippen LogP contribution is 2.36. The number of benzene rings is 3. The zero-order valence-corrected chi connectivity index (χ0v) is 18.7. The number of para-hydroxylation sites is 1. The van der Waals surface area contributed by atoms with Crippen LogP contribution in [0.2, 0.25) is 0 Å². The summed E-state index contributed by atoms with van der Waals surface area (Å²) in [5.74, 6) is 0.225. The Hall–Kier alpha value is -4.06. The molecule has 168 valence electrons. The van der Waals surface area contributed by atoms with Crippen LogP contribution in [-0.4, -0.2) is 34.6 Å². The standard InChI is InChI=1S/C27H26N2O4/c1-19-12-13-26(33-18-27(30)31)22(16-19)23-17-24(21-10-6-7-11-25(21)32-2)29(28-23)15-14-20-8-4-3-5-9-20/h3-13,16-17H,14-15,18H2,1-2H3,(H,30,31). The Balaban J connectivity index is 1.78. The van der Waals surface area contributed by atoms with Crippen molar-refractivity contribution in [3.63, 3.8) is 0 Å². The highest BCUT2D eigenvalue weighted by molar-refractivity contribution is 5.76. The first-order valence-electron chi connectivity index (χ1n) is 10.8. The Morgan fingerprint density at radius 1 is 0.939 bits per heavy atom. The molecule has 0 bridgehead atoms. The van der Waals surface area contributed by atoms with Gasteiger partial charge in [-0.2, -0.15) is 5.10 Å². The van der Waals surface area contributed by atoms with Gasteiger partial charge in [-0.15, -0.1) is 0 Å². The molecule has 0 aliphatic rings. The van der Waals surface area contributed by atoms with E-state index in [1.165, 1.54) is 5.56 Å². The van der Waals surface area contributed by atoms with E-state index in [4.69, 9.17) is 19.7 Å². The average molecular weight is 443 g/mol. The molecule has 33 heavy (non-hydrogen) atoms. The molecule has 0 spiro atoms. The zero-order chi connectivity index (χ0) is 23.2. The molecular formula is C27H26N2O4. The van der Waals surface area contributed by atoms with Crippen molar-refractivity contribution in [1.82, 2.24) is 9.78 Å². The quantitative estimate of drug-likeness (QED) is 0.384. The van der Waals surface area contributed by atoms with E-state index in [9.17, 15) is 4.79 Å². The van der Waals surface area contributed by atoms with Crippen LogP contribution in [0.5, 0.6) is 11.5 Å². The van der Waals surface area contributed by atoms with Crippen LogP contribution >= 0.6 is 0 Å². The van der Waals surface area contributed by atoms with Crippen molar-refractivity contribution in [2.75, 3.05) is 13.7 Å². The van der Waals surface area contributed by atoms with Crippen LogP contribution in [0, 0.1) is 6.92 Å². The predicted octanol–water partition coefficient (Wildman–Crippen LogP) is 5.24. The van der Waals surface area contributed by atoms with E-state index in [0.29, 0.717) is 18.0 Å². The summed E-state index contributed by atoms with van der Waals surface area (Å²) in [4.78, 5) is 11.1. The van der Waals surface area contributed by atoms with Crippen molar-refractivity contribution in [2.24, 2.45) is 0 Å². The fraction of sp³-hybridized carbons (Fsp3) is 0.185. The number of hydrogen-bond acceptors (Lipinski definition) is 4. The molecule has 1 N–H and O–H groups in total. The lowest BCUT2D eigenvalue weighted by Gasteiger charge is -2.11. The van der Waals surface area contributed by atoms with E-state index >= 15 is 0 Å². The number of carboxylic acids is 1. The summed E-state index contributed by atoms with van der Waals surface area (Å²) in [5.41, 5.74) is 5.59. The number of hydrogen-bond donors (Lipinski definition) is 1. The minimum Gasteiger partial charge on any atom is -0.496 e. The van der Waals surface area contributed by atoms with Gasteiger partial charge in [0, 0.05) is 17.7 Å². The minimum absolute atomic E-state index is 0.413. The van der Waals surface area contributed by atoms with Crippen LogP contribution in [0.15, 0.2) is 78.9 Å². The van der Waals surface area contributed by atoms with Crippen molar-refractivity contribution in [3.8, 4) is 34.0 Å². The van der Waals surface area contributed by atoms with Crippen molar-refractivity contribution in [2.45, 2.75) is 19.9 Å². The number of carboxylic acid groups (broad SMARTS) is 1. The highest BCUT2D eigenvalue weighted by Gasteiger charge is 2.18. The number of aromatic nitrogens is 2. The topological polar surface area (TPSA) is 73.6 Å². The van der Waals surface area contributed by atoms with Gasteiger partial charge in [0.1, 0.15) is 11.5 Å². The van der Waals surface area contributed by atoms with Crippen LogP contribution in [0.4, 0.5) is 0 Å². The molecule has 1 heterocycles. The normalized spacial score (nSPS) is 10.7. The SMILES string of the molecule is COc1ccccc1-c1cc(-c2cc(C)ccc2OCC(=O)O)nn1CCc1ccccc1. The summed E-state index contributed by atoms with van der Waals surface area (Å²) in [6, 6.07) is 25.8. The number of nitrogens with zero attached hydrogens (tertiary/aromatic N) is 2. The lowest BCUT2D eigenvalue weighted by molar-refractivity contribution is -0.139. The molecular weight excluding hydrogens is 416 g/mol. The molecule has 0 amide bonds. The van der Waals surface area contributed by atoms with E-state index in [1.54, 1.807) is 13.2 Å². The number of ether oxygens (including phenoxy) is 2. The minimum atomic E-state index is -1.02. The largest absolute Gasteiger partial charge is 0.496 e. The van der Waals surface area contributed by atoms with Gasteiger partial charge in [0.25, 0.3) is 0 Å². The summed E-state index contributed by atoms with van der Waals surface area (Å²) >= 11 is 0. The average Bonchev–Trinajstić information content (AvgIpc) is 3.26. The Labute approximate surface area is 193 Å². The summed E-state index contributed by atoms with van der Waals surface area (Å²) in [7, 11) is 1.66. The molecule has 6 heteroatoms. The molecule has 0 aliphatic carbocycles. The van der Waals surface area contributed by atoms with E-state index in [1.807, 2.05) is 72.3 Å². The molecule has 0 saturated heterocycles. The van der Waals surface area contributed by atoms with Crippen LogP contribution in [0.25, 0.3) is 22.5 Å². The monoisotopic (exact) mass is 442 g/mol. The van der Waals surface area contributed by atoms with Gasteiger partial charge in [0.05, 0.1) is 18.5 Å². The Bertz CT molecular complexity index is 1250. The molecule has 4 aromatic rings. The third-order valence-corrected chi connectivity index (χ3v) is 5.38. The molecule has 0 unspecified atom stereocenters. The van der Waals surface area contributed by atoms with Crippen LogP contribution in [0.1, 0.15) is 11.1 Å². The molecule has 1 aromatic heterocycles. The van der Waals surface area contributed by atoms with Gasteiger partial charge < -0.3 is 14.6 Å². The smallest absolute Gasteiger partial charge is 0.341 e. The molecule has 0 radical (unpaired) electrons. The van der Waals surface area contributed by atoms with Crippen molar-refractivity contribution in [1.29, 1.82) is 0 Å². The van der Waals surface area contributed by atoms with E-state index in [0.717, 1.165) is 34.6 Å². The van der Waals surface area contributed by atoms with Gasteiger partial charge in [-0.1, -0.05) is 54.1 Å². The van der Waals surface area contributed by atoms with Gasteiger partial charge in [-0.25, -0.2) is 4.79 Å². The van der Waals surface area contributed by atoms with Crippen LogP contribution in [0.3, 0.4) is 0 Å². The number of rotatable bonds is 9. The zero-order valence-electron chi connectivity index (χ0n) is 18.7. The number of aryl methyl sites for hydroxylation is 3. The highest BCUT2D eigenvalue weighted by atomic mass is 16.5. The molecule has 0 fully saturated rings. The van der Waals surface area contributed by atoms with Crippen molar-refractivity contribution >= 4 is 5.97 Å². The predicted molar refractivity (Wildman–Crippen MR) is 128 cm³/mol. The number of methoxy groups -OCH3 is 1. The second-order valence-corrected chi connectivity index (χ2v) is 7.76. The Morgan fingerprint density at radius 2 is 1.70 bits per heavy atom. The maximum Gasteiger partial charge on any atom is 0.341 e. The first-order valence-corrected chi connectivity index (χ1v) is 10.8. The second-order valence-electron chi connectivity index (χ2n) is 7.76. The molecule has 6 nitrogen and oxygen atoms in total. The van der Waals surface area contributed by atoms with Gasteiger partial charge in [0.15, 0.2) is 6.61 Å². The van der Waals surface area contributed by atoms with Gasteiger partial charge in [-0.3, -0.25) is 4.68 Å². The van der Waals surface area contributed by atoms with Crippen molar-refractivity contribution in [3.05, 3.63) is 90.0 Å². The fourth-order valence-corrected chi connectivity index (χ4v) is 3.78. The fourth-order valence-electron chi connectivity index (χ4n) is 3.78. The first-order chi connectivity index (χ1) is 16.0. The Kier molecular flexibility index (Phi) is 6.74. The lowest BCUT2D eigenvalue weighted by atomic mass is 10.1. The molecule has 0 aliphatic heterocycles. The van der Waals surface area contributed by atoms with E-state index in [2.05, 4.69) is 12.1 Å². The summed E-state index contributed by atoms with van der Waals surface area (Å²) < 4.78 is 13.1. The second kappa shape index (κ2) is 10.0.